The molecule has 1 aliphatic rings. The molecular formula is C19H21N5O2. The Labute approximate surface area is 150 Å². The minimum absolute atomic E-state index is 0.168. The third-order valence-electron chi connectivity index (χ3n) is 5.11. The van der Waals surface area contributed by atoms with Crippen LogP contribution in [0.3, 0.4) is 0 Å². The van der Waals surface area contributed by atoms with E-state index >= 15 is 0 Å². The van der Waals surface area contributed by atoms with Gasteiger partial charge in [0.15, 0.2) is 5.82 Å². The number of hydrogen-bond donors (Lipinski definition) is 2. The van der Waals surface area contributed by atoms with Crippen LogP contribution in [0.5, 0.6) is 0 Å². The molecule has 2 aromatic heterocycles. The normalized spacial score (nSPS) is 13.7. The SMILES string of the molecule is Cc1c(C(=O)Nc2nn(C)c3c2CNCC3)c2ccccc2n(C)c1=O. The molecule has 0 bridgehead atoms. The largest absolute Gasteiger partial charge is 0.312 e. The lowest BCUT2D eigenvalue weighted by Crippen LogP contribution is -2.27. The maximum Gasteiger partial charge on any atom is 0.258 e. The number of nitrogens with zero attached hydrogens (tertiary/aromatic N) is 3. The molecule has 1 amide bonds. The highest BCUT2D eigenvalue weighted by Crippen LogP contribution is 2.24. The number of carbonyl (C=O) groups excluding carboxylic acids is 1. The maximum atomic E-state index is 13.1. The summed E-state index contributed by atoms with van der Waals surface area (Å²) in [4.78, 5) is 25.6. The van der Waals surface area contributed by atoms with E-state index in [1.165, 1.54) is 0 Å². The summed E-state index contributed by atoms with van der Waals surface area (Å²) in [5, 5.41) is 11.5. The van der Waals surface area contributed by atoms with Crippen molar-refractivity contribution in [3.63, 3.8) is 0 Å². The van der Waals surface area contributed by atoms with Crippen molar-refractivity contribution in [2.75, 3.05) is 11.9 Å². The standard InChI is InChI=1S/C19H21N5O2/c1-11-16(12-6-4-5-7-14(12)23(2)19(11)26)18(25)21-17-13-10-20-9-8-15(13)24(3)22-17/h4-7,20H,8-10H2,1-3H3,(H,21,22,25). The first-order valence-corrected chi connectivity index (χ1v) is 8.64. The van der Waals surface area contributed by atoms with Crippen LogP contribution in [-0.4, -0.2) is 26.8 Å². The number of fused-ring (bicyclic) bond motifs is 2. The Morgan fingerprint density at radius 2 is 2.04 bits per heavy atom. The van der Waals surface area contributed by atoms with Crippen LogP contribution >= 0.6 is 0 Å². The van der Waals surface area contributed by atoms with Crippen LogP contribution in [0.4, 0.5) is 5.82 Å². The molecule has 7 heteroatoms. The predicted molar refractivity (Wildman–Crippen MR) is 100 cm³/mol. The van der Waals surface area contributed by atoms with E-state index in [0.717, 1.165) is 35.1 Å². The third kappa shape index (κ3) is 2.43. The second-order valence-electron chi connectivity index (χ2n) is 6.66. The van der Waals surface area contributed by atoms with Gasteiger partial charge in [-0.25, -0.2) is 0 Å². The van der Waals surface area contributed by atoms with E-state index in [1.54, 1.807) is 18.5 Å². The number of rotatable bonds is 2. The Kier molecular flexibility index (Phi) is 3.88. The average Bonchev–Trinajstić information content (AvgIpc) is 2.96. The highest BCUT2D eigenvalue weighted by molar-refractivity contribution is 6.13. The first kappa shape index (κ1) is 16.5. The highest BCUT2D eigenvalue weighted by Gasteiger charge is 2.23. The van der Waals surface area contributed by atoms with Crippen LogP contribution in [0.15, 0.2) is 29.1 Å². The van der Waals surface area contributed by atoms with Gasteiger partial charge in [0.05, 0.1) is 11.1 Å². The van der Waals surface area contributed by atoms with Crippen molar-refractivity contribution in [2.45, 2.75) is 19.9 Å². The molecule has 0 saturated heterocycles. The number of hydrogen-bond acceptors (Lipinski definition) is 4. The van der Waals surface area contributed by atoms with E-state index < -0.39 is 0 Å². The van der Waals surface area contributed by atoms with Gasteiger partial charge >= 0.3 is 0 Å². The van der Waals surface area contributed by atoms with Crippen molar-refractivity contribution in [3.8, 4) is 0 Å². The van der Waals surface area contributed by atoms with Gasteiger partial charge in [-0.1, -0.05) is 18.2 Å². The number of aromatic nitrogens is 3. The first-order chi connectivity index (χ1) is 12.5. The molecule has 0 unspecified atom stereocenters. The zero-order chi connectivity index (χ0) is 18.4. The fourth-order valence-corrected chi connectivity index (χ4v) is 3.73. The molecule has 0 aliphatic carbocycles. The Hall–Kier alpha value is -2.93. The number of amides is 1. The zero-order valence-electron chi connectivity index (χ0n) is 15.1. The van der Waals surface area contributed by atoms with Crippen molar-refractivity contribution in [3.05, 3.63) is 57.0 Å². The Balaban J connectivity index is 1.82. The van der Waals surface area contributed by atoms with Crippen molar-refractivity contribution in [1.82, 2.24) is 19.7 Å². The molecule has 26 heavy (non-hydrogen) atoms. The summed E-state index contributed by atoms with van der Waals surface area (Å²) in [7, 11) is 3.61. The molecule has 0 spiro atoms. The molecule has 1 aliphatic heterocycles. The number of pyridine rings is 1. The minimum Gasteiger partial charge on any atom is -0.312 e. The van der Waals surface area contributed by atoms with Crippen LogP contribution in [-0.2, 0) is 27.1 Å². The molecule has 134 valence electrons. The Bertz CT molecular complexity index is 1090. The smallest absolute Gasteiger partial charge is 0.258 e. The fraction of sp³-hybridized carbons (Fsp3) is 0.316. The van der Waals surface area contributed by atoms with E-state index in [-0.39, 0.29) is 11.5 Å². The van der Waals surface area contributed by atoms with Crippen molar-refractivity contribution < 1.29 is 4.79 Å². The zero-order valence-corrected chi connectivity index (χ0v) is 15.1. The lowest BCUT2D eigenvalue weighted by atomic mass is 10.0. The van der Waals surface area contributed by atoms with Crippen LogP contribution in [0.1, 0.15) is 27.2 Å². The van der Waals surface area contributed by atoms with Crippen molar-refractivity contribution in [1.29, 1.82) is 0 Å². The molecule has 0 atom stereocenters. The molecule has 3 aromatic rings. The van der Waals surface area contributed by atoms with E-state index in [9.17, 15) is 9.59 Å². The van der Waals surface area contributed by atoms with Crippen LogP contribution in [0.25, 0.3) is 10.9 Å². The Morgan fingerprint density at radius 1 is 1.27 bits per heavy atom. The van der Waals surface area contributed by atoms with Gasteiger partial charge in [-0.2, -0.15) is 5.10 Å². The predicted octanol–water partition coefficient (Wildman–Crippen LogP) is 1.48. The van der Waals surface area contributed by atoms with E-state index in [0.29, 0.717) is 23.5 Å². The van der Waals surface area contributed by atoms with Crippen molar-refractivity contribution >= 4 is 22.6 Å². The second kappa shape index (κ2) is 6.10. The van der Waals surface area contributed by atoms with E-state index in [2.05, 4.69) is 15.7 Å². The molecule has 0 saturated carbocycles. The Morgan fingerprint density at radius 3 is 2.85 bits per heavy atom. The molecule has 1 aromatic carbocycles. The lowest BCUT2D eigenvalue weighted by Gasteiger charge is -2.15. The fourth-order valence-electron chi connectivity index (χ4n) is 3.73. The molecule has 3 heterocycles. The number of anilines is 1. The lowest BCUT2D eigenvalue weighted by molar-refractivity contribution is 0.102. The number of benzene rings is 1. The second-order valence-corrected chi connectivity index (χ2v) is 6.66. The summed E-state index contributed by atoms with van der Waals surface area (Å²) in [6.45, 7) is 3.27. The van der Waals surface area contributed by atoms with Gasteiger partial charge in [0.2, 0.25) is 0 Å². The summed E-state index contributed by atoms with van der Waals surface area (Å²) in [6, 6.07) is 7.45. The van der Waals surface area contributed by atoms with Gasteiger partial charge in [0, 0.05) is 55.8 Å². The van der Waals surface area contributed by atoms with Crippen molar-refractivity contribution in [2.24, 2.45) is 14.1 Å². The monoisotopic (exact) mass is 351 g/mol. The van der Waals surface area contributed by atoms with Crippen LogP contribution < -0.4 is 16.2 Å². The van der Waals surface area contributed by atoms with Gasteiger partial charge in [0.25, 0.3) is 11.5 Å². The van der Waals surface area contributed by atoms with Gasteiger partial charge < -0.3 is 15.2 Å². The summed E-state index contributed by atoms with van der Waals surface area (Å²) < 4.78 is 3.40. The topological polar surface area (TPSA) is 81.0 Å². The summed E-state index contributed by atoms with van der Waals surface area (Å²) in [5.74, 6) is 0.256. The number of aryl methyl sites for hydroxylation is 2. The highest BCUT2D eigenvalue weighted by atomic mass is 16.2. The summed E-state index contributed by atoms with van der Waals surface area (Å²) in [5.41, 5.74) is 3.55. The quantitative estimate of drug-likeness (QED) is 0.733. The molecule has 0 radical (unpaired) electrons. The van der Waals surface area contributed by atoms with Gasteiger partial charge in [-0.15, -0.1) is 0 Å². The number of nitrogens with one attached hydrogen (secondary N) is 2. The van der Waals surface area contributed by atoms with Crippen LogP contribution in [0, 0.1) is 6.92 Å². The molecule has 7 nitrogen and oxygen atoms in total. The average molecular weight is 351 g/mol. The van der Waals surface area contributed by atoms with E-state index in [4.69, 9.17) is 0 Å². The summed E-state index contributed by atoms with van der Waals surface area (Å²) in [6.07, 6.45) is 0.878. The molecule has 2 N–H and O–H groups in total. The third-order valence-corrected chi connectivity index (χ3v) is 5.11. The number of carbonyl (C=O) groups is 1. The molecule has 4 rings (SSSR count). The maximum absolute atomic E-state index is 13.1. The molecule has 0 fully saturated rings. The first-order valence-electron chi connectivity index (χ1n) is 8.64. The van der Waals surface area contributed by atoms with Gasteiger partial charge in [0.1, 0.15) is 0 Å². The minimum atomic E-state index is -0.303. The van der Waals surface area contributed by atoms with Gasteiger partial charge in [-0.3, -0.25) is 14.3 Å². The molecular weight excluding hydrogens is 330 g/mol. The van der Waals surface area contributed by atoms with Gasteiger partial charge in [-0.05, 0) is 13.0 Å². The van der Waals surface area contributed by atoms with Crippen LogP contribution in [0.2, 0.25) is 0 Å². The number of para-hydroxylation sites is 1. The van der Waals surface area contributed by atoms with E-state index in [1.807, 2.05) is 36.0 Å². The summed E-state index contributed by atoms with van der Waals surface area (Å²) >= 11 is 0.